The van der Waals surface area contributed by atoms with Crippen LogP contribution in [0.5, 0.6) is 0 Å². The van der Waals surface area contributed by atoms with Gasteiger partial charge in [0.1, 0.15) is 5.69 Å². The molecule has 4 rings (SSSR count). The summed E-state index contributed by atoms with van der Waals surface area (Å²) in [7, 11) is 0. The van der Waals surface area contributed by atoms with Gasteiger partial charge in [0.15, 0.2) is 6.04 Å². The molecule has 1 heterocycles. The third-order valence-electron chi connectivity index (χ3n) is 4.81. The van der Waals surface area contributed by atoms with Gasteiger partial charge in [0.25, 0.3) is 17.4 Å². The summed E-state index contributed by atoms with van der Waals surface area (Å²) in [6.45, 7) is 0. The number of fused-ring (bicyclic) bond motifs is 1. The molecule has 0 fully saturated rings. The van der Waals surface area contributed by atoms with Crippen LogP contribution in [0.25, 0.3) is 10.8 Å². The molecular formula is C24H18ClN5O3. The maximum atomic E-state index is 13.1. The van der Waals surface area contributed by atoms with E-state index >= 15 is 0 Å². The highest BCUT2D eigenvalue weighted by Crippen LogP contribution is 2.20. The molecule has 1 atom stereocenters. The Morgan fingerprint density at radius 3 is 2.45 bits per heavy atom. The number of H-pyrrole nitrogens is 1. The highest BCUT2D eigenvalue weighted by atomic mass is 35.5. The van der Waals surface area contributed by atoms with E-state index in [9.17, 15) is 14.4 Å². The average Bonchev–Trinajstić information content (AvgIpc) is 2.84. The van der Waals surface area contributed by atoms with Crippen LogP contribution < -0.4 is 16.3 Å². The van der Waals surface area contributed by atoms with Gasteiger partial charge in [-0.15, -0.1) is 0 Å². The fraction of sp³-hybridized carbons (Fsp3) is 0.0417. The zero-order chi connectivity index (χ0) is 23.2. The normalized spacial score (nSPS) is 11.9. The lowest BCUT2D eigenvalue weighted by Crippen LogP contribution is -2.40. The zero-order valence-corrected chi connectivity index (χ0v) is 17.9. The van der Waals surface area contributed by atoms with Crippen molar-refractivity contribution in [2.24, 2.45) is 5.10 Å². The van der Waals surface area contributed by atoms with Crippen molar-refractivity contribution in [3.63, 3.8) is 0 Å². The van der Waals surface area contributed by atoms with Crippen LogP contribution in [0.15, 0.2) is 88.8 Å². The third-order valence-corrected chi connectivity index (χ3v) is 5.04. The topological polar surface area (TPSA) is 116 Å². The van der Waals surface area contributed by atoms with Crippen molar-refractivity contribution in [2.45, 2.75) is 6.04 Å². The number of hydrazone groups is 1. The number of benzene rings is 3. The highest BCUT2D eigenvalue weighted by Gasteiger charge is 2.27. The maximum absolute atomic E-state index is 13.1. The van der Waals surface area contributed by atoms with E-state index in [1.807, 2.05) is 0 Å². The standard InChI is InChI=1S/C24H18ClN5O3/c25-17-10-6-7-15(13-17)14-26-29-24(33)21(27-22(31)16-8-2-1-3-9-16)20-18-11-4-5-12-19(18)23(32)30-28-20/h1-14,21H,(H,27,31)(H,29,33)(H,30,32). The first-order valence-electron chi connectivity index (χ1n) is 9.94. The van der Waals surface area contributed by atoms with Crippen molar-refractivity contribution < 1.29 is 9.59 Å². The fourth-order valence-electron chi connectivity index (χ4n) is 3.24. The number of aromatic nitrogens is 2. The smallest absolute Gasteiger partial charge is 0.272 e. The molecule has 3 N–H and O–H groups in total. The van der Waals surface area contributed by atoms with Gasteiger partial charge in [-0.25, -0.2) is 10.5 Å². The number of rotatable bonds is 6. The molecule has 0 aliphatic carbocycles. The van der Waals surface area contributed by atoms with Gasteiger partial charge in [-0.3, -0.25) is 14.4 Å². The number of hydrogen-bond acceptors (Lipinski definition) is 5. The fourth-order valence-corrected chi connectivity index (χ4v) is 3.44. The highest BCUT2D eigenvalue weighted by molar-refractivity contribution is 6.30. The van der Waals surface area contributed by atoms with Gasteiger partial charge in [-0.05, 0) is 35.9 Å². The van der Waals surface area contributed by atoms with E-state index in [1.54, 1.807) is 78.9 Å². The van der Waals surface area contributed by atoms with Gasteiger partial charge < -0.3 is 5.32 Å². The van der Waals surface area contributed by atoms with Crippen LogP contribution in [0.3, 0.4) is 0 Å². The monoisotopic (exact) mass is 459 g/mol. The van der Waals surface area contributed by atoms with E-state index in [0.717, 1.165) is 0 Å². The summed E-state index contributed by atoms with van der Waals surface area (Å²) in [6, 6.07) is 20.9. The molecule has 0 aliphatic heterocycles. The number of halogens is 1. The summed E-state index contributed by atoms with van der Waals surface area (Å²) in [5.41, 5.74) is 3.26. The first-order chi connectivity index (χ1) is 16.0. The van der Waals surface area contributed by atoms with Gasteiger partial charge in [0.05, 0.1) is 11.6 Å². The third kappa shape index (κ3) is 5.13. The molecule has 1 aromatic heterocycles. The van der Waals surface area contributed by atoms with Crippen molar-refractivity contribution in [3.8, 4) is 0 Å². The van der Waals surface area contributed by atoms with Gasteiger partial charge in [-0.1, -0.05) is 60.1 Å². The summed E-state index contributed by atoms with van der Waals surface area (Å²) in [4.78, 5) is 38.1. The number of hydrogen-bond donors (Lipinski definition) is 3. The molecule has 0 spiro atoms. The molecule has 0 saturated carbocycles. The Labute approximate surface area is 193 Å². The Hall–Kier alpha value is -4.30. The van der Waals surface area contributed by atoms with E-state index in [1.165, 1.54) is 6.21 Å². The molecule has 164 valence electrons. The molecule has 4 aromatic rings. The Morgan fingerprint density at radius 2 is 1.70 bits per heavy atom. The molecule has 3 aromatic carbocycles. The van der Waals surface area contributed by atoms with Crippen molar-refractivity contribution in [3.05, 3.63) is 111 Å². The van der Waals surface area contributed by atoms with Crippen molar-refractivity contribution in [1.29, 1.82) is 0 Å². The minimum atomic E-state index is -1.23. The van der Waals surface area contributed by atoms with Gasteiger partial charge in [0.2, 0.25) is 0 Å². The quantitative estimate of drug-likeness (QED) is 0.303. The predicted molar refractivity (Wildman–Crippen MR) is 126 cm³/mol. The van der Waals surface area contributed by atoms with E-state index in [2.05, 4.69) is 26.0 Å². The Balaban J connectivity index is 1.67. The molecule has 1 unspecified atom stereocenters. The van der Waals surface area contributed by atoms with Gasteiger partial charge in [-0.2, -0.15) is 10.2 Å². The second-order valence-electron chi connectivity index (χ2n) is 7.05. The number of nitrogens with one attached hydrogen (secondary N) is 3. The minimum Gasteiger partial charge on any atom is -0.335 e. The van der Waals surface area contributed by atoms with Gasteiger partial charge in [0, 0.05) is 16.0 Å². The van der Waals surface area contributed by atoms with Gasteiger partial charge >= 0.3 is 0 Å². The SMILES string of the molecule is O=C(NC(C(=O)NN=Cc1cccc(Cl)c1)c1n[nH]c(=O)c2ccccc12)c1ccccc1. The second kappa shape index (κ2) is 9.88. The molecule has 9 heteroatoms. The maximum Gasteiger partial charge on any atom is 0.272 e. The van der Waals surface area contributed by atoms with E-state index < -0.39 is 23.4 Å². The van der Waals surface area contributed by atoms with E-state index in [-0.39, 0.29) is 5.69 Å². The zero-order valence-electron chi connectivity index (χ0n) is 17.2. The van der Waals surface area contributed by atoms with Crippen molar-refractivity contribution in [1.82, 2.24) is 20.9 Å². The lowest BCUT2D eigenvalue weighted by atomic mass is 10.0. The molecule has 0 bridgehead atoms. The van der Waals surface area contributed by atoms with Crippen LogP contribution in [0.1, 0.15) is 27.7 Å². The van der Waals surface area contributed by atoms with Crippen LogP contribution in [0, 0.1) is 0 Å². The number of nitrogens with zero attached hydrogens (tertiary/aromatic N) is 2. The summed E-state index contributed by atoms with van der Waals surface area (Å²) >= 11 is 5.97. The summed E-state index contributed by atoms with van der Waals surface area (Å²) in [6.07, 6.45) is 1.43. The number of carbonyl (C=O) groups is 2. The lowest BCUT2D eigenvalue weighted by Gasteiger charge is -2.18. The number of carbonyl (C=O) groups excluding carboxylic acids is 2. The summed E-state index contributed by atoms with van der Waals surface area (Å²) in [5.74, 6) is -1.12. The first kappa shape index (κ1) is 21.9. The Morgan fingerprint density at radius 1 is 0.970 bits per heavy atom. The molecule has 0 radical (unpaired) electrons. The predicted octanol–water partition coefficient (Wildman–Crippen LogP) is 3.20. The Kier molecular flexibility index (Phi) is 6.56. The largest absolute Gasteiger partial charge is 0.335 e. The molecular weight excluding hydrogens is 442 g/mol. The molecule has 2 amide bonds. The second-order valence-corrected chi connectivity index (χ2v) is 7.48. The van der Waals surface area contributed by atoms with Crippen LogP contribution in [0.4, 0.5) is 0 Å². The van der Waals surface area contributed by atoms with Crippen LogP contribution in [0.2, 0.25) is 5.02 Å². The summed E-state index contributed by atoms with van der Waals surface area (Å²) in [5, 5.41) is 14.4. The molecule has 33 heavy (non-hydrogen) atoms. The van der Waals surface area contributed by atoms with Crippen molar-refractivity contribution in [2.75, 3.05) is 0 Å². The van der Waals surface area contributed by atoms with Crippen LogP contribution >= 0.6 is 11.6 Å². The minimum absolute atomic E-state index is 0.185. The first-order valence-corrected chi connectivity index (χ1v) is 10.3. The van der Waals surface area contributed by atoms with E-state index in [0.29, 0.717) is 26.9 Å². The number of aromatic amines is 1. The number of amides is 2. The van der Waals surface area contributed by atoms with Crippen LogP contribution in [-0.4, -0.2) is 28.2 Å². The van der Waals surface area contributed by atoms with E-state index in [4.69, 9.17) is 11.6 Å². The Bertz CT molecular complexity index is 1400. The average molecular weight is 460 g/mol. The summed E-state index contributed by atoms with van der Waals surface area (Å²) < 4.78 is 0. The molecule has 8 nitrogen and oxygen atoms in total. The lowest BCUT2D eigenvalue weighted by molar-refractivity contribution is -0.123. The molecule has 0 saturated heterocycles. The molecule has 0 aliphatic rings. The van der Waals surface area contributed by atoms with Crippen molar-refractivity contribution >= 4 is 40.4 Å². The van der Waals surface area contributed by atoms with Crippen LogP contribution in [-0.2, 0) is 4.79 Å².